The number of ether oxygens (including phenoxy) is 6. The van der Waals surface area contributed by atoms with Crippen LogP contribution in [0.3, 0.4) is 0 Å². The van der Waals surface area contributed by atoms with Crippen LogP contribution in [0.2, 0.25) is 0 Å². The van der Waals surface area contributed by atoms with E-state index in [0.717, 1.165) is 5.75 Å². The quantitative estimate of drug-likeness (QED) is 0.319. The summed E-state index contributed by atoms with van der Waals surface area (Å²) in [6.07, 6.45) is 0. The zero-order chi connectivity index (χ0) is 28.5. The average Bonchev–Trinajstić information content (AvgIpc) is 2.96. The fourth-order valence-electron chi connectivity index (χ4n) is 4.17. The summed E-state index contributed by atoms with van der Waals surface area (Å²) in [5.74, 6) is 2.66. The van der Waals surface area contributed by atoms with Crippen molar-refractivity contribution in [3.63, 3.8) is 0 Å². The van der Waals surface area contributed by atoms with Crippen LogP contribution in [0.15, 0.2) is 54.6 Å². The van der Waals surface area contributed by atoms with Gasteiger partial charge in [0.05, 0.1) is 39.2 Å². The highest BCUT2D eigenvalue weighted by Crippen LogP contribution is 2.40. The summed E-state index contributed by atoms with van der Waals surface area (Å²) in [6.45, 7) is 7.27. The number of amides is 2. The Labute approximate surface area is 233 Å². The molecular formula is C30H34N2O8. The van der Waals surface area contributed by atoms with E-state index in [-0.39, 0.29) is 25.0 Å². The minimum Gasteiger partial charge on any atom is -0.497 e. The molecule has 212 valence electrons. The summed E-state index contributed by atoms with van der Waals surface area (Å²) in [7, 11) is 1.60. The number of hydrogen-bond donors (Lipinski definition) is 1. The van der Waals surface area contributed by atoms with Crippen LogP contribution in [-0.4, -0.2) is 58.5 Å². The third-order valence-electron chi connectivity index (χ3n) is 5.97. The first-order chi connectivity index (χ1) is 19.5. The number of carbonyl (C=O) groups excluding carboxylic acids is 2. The van der Waals surface area contributed by atoms with Gasteiger partial charge in [-0.25, -0.2) is 0 Å². The van der Waals surface area contributed by atoms with Crippen molar-refractivity contribution < 1.29 is 38.0 Å². The Balaban J connectivity index is 1.51. The molecule has 0 aromatic heterocycles. The highest BCUT2D eigenvalue weighted by Gasteiger charge is 2.26. The monoisotopic (exact) mass is 550 g/mol. The number of carbonyl (C=O) groups is 2. The molecule has 3 aromatic carbocycles. The largest absolute Gasteiger partial charge is 0.497 e. The van der Waals surface area contributed by atoms with E-state index in [9.17, 15) is 9.59 Å². The number of nitrogens with zero attached hydrogens (tertiary/aromatic N) is 1. The number of nitrogens with one attached hydrogen (secondary N) is 1. The van der Waals surface area contributed by atoms with Gasteiger partial charge in [-0.2, -0.15) is 0 Å². The predicted molar refractivity (Wildman–Crippen MR) is 151 cm³/mol. The minimum absolute atomic E-state index is 0.0756. The molecule has 0 aliphatic carbocycles. The minimum atomic E-state index is -0.373. The van der Waals surface area contributed by atoms with Crippen LogP contribution in [0.5, 0.6) is 34.5 Å². The number of fused-ring (bicyclic) bond motifs is 1. The number of rotatable bonds is 13. The van der Waals surface area contributed by atoms with Gasteiger partial charge in [-0.15, -0.1) is 0 Å². The molecule has 2 amide bonds. The molecule has 0 fully saturated rings. The molecule has 0 atom stereocenters. The van der Waals surface area contributed by atoms with Crippen LogP contribution in [0.4, 0.5) is 11.4 Å². The number of benzene rings is 3. The van der Waals surface area contributed by atoms with Crippen molar-refractivity contribution in [1.29, 1.82) is 0 Å². The molecular weight excluding hydrogens is 516 g/mol. The van der Waals surface area contributed by atoms with Gasteiger partial charge in [0.2, 0.25) is 5.75 Å². The lowest BCUT2D eigenvalue weighted by Crippen LogP contribution is -2.41. The van der Waals surface area contributed by atoms with Crippen LogP contribution in [0, 0.1) is 0 Å². The Morgan fingerprint density at radius 1 is 0.875 bits per heavy atom. The maximum atomic E-state index is 13.3. The standard InChI is InChI=1S/C30H34N2O8/c1-5-36-26-16-20(17-27(37-6-2)29(26)38-7-3)30(34)31-21-8-13-25-24(18-21)32(28(33)19-40-25)14-15-39-23-11-9-22(35-4)10-12-23/h8-13,16-18H,5-7,14-15,19H2,1-4H3,(H,31,34). The zero-order valence-electron chi connectivity index (χ0n) is 23.2. The number of hydrogen-bond acceptors (Lipinski definition) is 8. The molecule has 10 nitrogen and oxygen atoms in total. The van der Waals surface area contributed by atoms with E-state index in [0.29, 0.717) is 72.1 Å². The molecule has 1 aliphatic rings. The molecule has 10 heteroatoms. The third kappa shape index (κ3) is 6.69. The topological polar surface area (TPSA) is 105 Å². The maximum absolute atomic E-state index is 13.3. The van der Waals surface area contributed by atoms with E-state index in [4.69, 9.17) is 28.4 Å². The second kappa shape index (κ2) is 13.5. The number of anilines is 2. The van der Waals surface area contributed by atoms with Crippen molar-refractivity contribution in [3.8, 4) is 34.5 Å². The molecule has 40 heavy (non-hydrogen) atoms. The normalized spacial score (nSPS) is 12.2. The van der Waals surface area contributed by atoms with Crippen LogP contribution in [-0.2, 0) is 4.79 Å². The zero-order valence-corrected chi connectivity index (χ0v) is 23.2. The van der Waals surface area contributed by atoms with Crippen LogP contribution < -0.4 is 38.6 Å². The fourth-order valence-corrected chi connectivity index (χ4v) is 4.17. The first-order valence-electron chi connectivity index (χ1n) is 13.2. The van der Waals surface area contributed by atoms with Gasteiger partial charge in [0.25, 0.3) is 11.8 Å². The molecule has 3 aromatic rings. The lowest BCUT2D eigenvalue weighted by Gasteiger charge is -2.29. The predicted octanol–water partition coefficient (Wildman–Crippen LogP) is 4.95. The molecule has 0 spiro atoms. The molecule has 1 aliphatic heterocycles. The summed E-state index contributed by atoms with van der Waals surface area (Å²) >= 11 is 0. The van der Waals surface area contributed by atoms with E-state index in [1.165, 1.54) is 0 Å². The van der Waals surface area contributed by atoms with Crippen molar-refractivity contribution >= 4 is 23.2 Å². The molecule has 1 N–H and O–H groups in total. The van der Waals surface area contributed by atoms with Crippen molar-refractivity contribution in [2.45, 2.75) is 20.8 Å². The van der Waals surface area contributed by atoms with Gasteiger partial charge in [0, 0.05) is 11.3 Å². The molecule has 0 saturated heterocycles. The van der Waals surface area contributed by atoms with Gasteiger partial charge >= 0.3 is 0 Å². The van der Waals surface area contributed by atoms with Gasteiger partial charge < -0.3 is 38.6 Å². The Bertz CT molecular complexity index is 1300. The fraction of sp³-hybridized carbons (Fsp3) is 0.333. The van der Waals surface area contributed by atoms with Crippen molar-refractivity contribution in [2.24, 2.45) is 0 Å². The van der Waals surface area contributed by atoms with E-state index >= 15 is 0 Å². The highest BCUT2D eigenvalue weighted by molar-refractivity contribution is 6.06. The summed E-state index contributed by atoms with van der Waals surface area (Å²) in [4.78, 5) is 27.6. The first-order valence-corrected chi connectivity index (χ1v) is 13.2. The summed E-state index contributed by atoms with van der Waals surface area (Å²) < 4.78 is 33.8. The Hall–Kier alpha value is -4.60. The van der Waals surface area contributed by atoms with Crippen LogP contribution in [0.25, 0.3) is 0 Å². The Kier molecular flexibility index (Phi) is 9.56. The van der Waals surface area contributed by atoms with Crippen molar-refractivity contribution in [2.75, 3.05) is 56.9 Å². The molecule has 0 bridgehead atoms. The second-order valence-electron chi connectivity index (χ2n) is 8.60. The maximum Gasteiger partial charge on any atom is 0.265 e. The van der Waals surface area contributed by atoms with Gasteiger partial charge in [0.15, 0.2) is 18.1 Å². The van der Waals surface area contributed by atoms with E-state index in [1.54, 1.807) is 66.6 Å². The Morgan fingerprint density at radius 2 is 1.52 bits per heavy atom. The van der Waals surface area contributed by atoms with Gasteiger partial charge in [-0.3, -0.25) is 9.59 Å². The van der Waals surface area contributed by atoms with E-state index in [1.807, 2.05) is 20.8 Å². The molecule has 0 radical (unpaired) electrons. The highest BCUT2D eigenvalue weighted by atomic mass is 16.5. The van der Waals surface area contributed by atoms with Crippen LogP contribution >= 0.6 is 0 Å². The molecule has 0 saturated carbocycles. The lowest BCUT2D eigenvalue weighted by atomic mass is 10.1. The second-order valence-corrected chi connectivity index (χ2v) is 8.60. The third-order valence-corrected chi connectivity index (χ3v) is 5.97. The summed E-state index contributed by atoms with van der Waals surface area (Å²) in [5.41, 5.74) is 1.38. The van der Waals surface area contributed by atoms with Gasteiger partial charge in [-0.1, -0.05) is 0 Å². The first kappa shape index (κ1) is 28.4. The molecule has 1 heterocycles. The SMILES string of the molecule is CCOc1cc(C(=O)Nc2ccc3c(c2)N(CCOc2ccc(OC)cc2)C(=O)CO3)cc(OCC)c1OCC. The average molecular weight is 551 g/mol. The summed E-state index contributed by atoms with van der Waals surface area (Å²) in [6, 6.07) is 15.6. The summed E-state index contributed by atoms with van der Waals surface area (Å²) in [5, 5.41) is 2.90. The van der Waals surface area contributed by atoms with Crippen molar-refractivity contribution in [3.05, 3.63) is 60.2 Å². The van der Waals surface area contributed by atoms with Gasteiger partial charge in [-0.05, 0) is 75.4 Å². The lowest BCUT2D eigenvalue weighted by molar-refractivity contribution is -0.121. The van der Waals surface area contributed by atoms with E-state index < -0.39 is 0 Å². The van der Waals surface area contributed by atoms with Crippen LogP contribution in [0.1, 0.15) is 31.1 Å². The smallest absolute Gasteiger partial charge is 0.265 e. The number of methoxy groups -OCH3 is 1. The van der Waals surface area contributed by atoms with Crippen molar-refractivity contribution in [1.82, 2.24) is 0 Å². The Morgan fingerprint density at radius 3 is 2.15 bits per heavy atom. The molecule has 4 rings (SSSR count). The van der Waals surface area contributed by atoms with E-state index in [2.05, 4.69) is 5.32 Å². The molecule has 0 unspecified atom stereocenters. The van der Waals surface area contributed by atoms with Gasteiger partial charge in [0.1, 0.15) is 23.9 Å².